The Balaban J connectivity index is 2.03. The number of nitrogen functional groups attached to an aromatic ring is 1. The average molecular weight is 338 g/mol. The Morgan fingerprint density at radius 3 is 2.17 bits per heavy atom. The van der Waals surface area contributed by atoms with Crippen molar-refractivity contribution in [3.63, 3.8) is 0 Å². The predicted molar refractivity (Wildman–Crippen MR) is 88.0 cm³/mol. The van der Waals surface area contributed by atoms with Crippen LogP contribution in [0.2, 0.25) is 0 Å². The van der Waals surface area contributed by atoms with Gasteiger partial charge in [-0.15, -0.1) is 0 Å². The lowest BCUT2D eigenvalue weighted by molar-refractivity contribution is -0.155. The number of esters is 1. The van der Waals surface area contributed by atoms with Gasteiger partial charge in [-0.2, -0.15) is 5.10 Å². The van der Waals surface area contributed by atoms with Gasteiger partial charge in [0, 0.05) is 5.56 Å². The monoisotopic (exact) mass is 338 g/mol. The largest absolute Gasteiger partial charge is 0.459 e. The highest BCUT2D eigenvalue weighted by Gasteiger charge is 2.32. The highest BCUT2D eigenvalue weighted by atomic mass is 16.6. The summed E-state index contributed by atoms with van der Waals surface area (Å²) in [6, 6.07) is 0. The van der Waals surface area contributed by atoms with E-state index in [0.29, 0.717) is 24.6 Å². The summed E-state index contributed by atoms with van der Waals surface area (Å²) in [5, 5.41) is 4.33. The van der Waals surface area contributed by atoms with E-state index in [-0.39, 0.29) is 6.54 Å². The Bertz CT molecular complexity index is 652. The number of hydrogen-bond donors (Lipinski definition) is 1. The van der Waals surface area contributed by atoms with Gasteiger partial charge in [0.25, 0.3) is 0 Å². The van der Waals surface area contributed by atoms with E-state index in [1.807, 2.05) is 20.8 Å². The second kappa shape index (κ2) is 5.99. The van der Waals surface area contributed by atoms with Crippen molar-refractivity contribution >= 4 is 17.9 Å². The lowest BCUT2D eigenvalue weighted by Gasteiger charge is -2.24. The van der Waals surface area contributed by atoms with Crippen LogP contribution in [0.15, 0.2) is 0 Å². The highest BCUT2D eigenvalue weighted by Crippen LogP contribution is 2.28. The lowest BCUT2D eigenvalue weighted by Crippen LogP contribution is -2.34. The van der Waals surface area contributed by atoms with Gasteiger partial charge in [-0.05, 0) is 41.5 Å². The molecule has 2 N–H and O–H groups in total. The van der Waals surface area contributed by atoms with Crippen LogP contribution in [0.4, 0.5) is 10.6 Å². The molecule has 0 saturated heterocycles. The van der Waals surface area contributed by atoms with Gasteiger partial charge in [0.05, 0.1) is 18.8 Å². The first kappa shape index (κ1) is 18.1. The Labute approximate surface area is 141 Å². The molecule has 2 rings (SSSR count). The van der Waals surface area contributed by atoms with E-state index in [9.17, 15) is 9.59 Å². The van der Waals surface area contributed by atoms with Gasteiger partial charge in [0.1, 0.15) is 23.6 Å². The first-order valence-electron chi connectivity index (χ1n) is 7.89. The fourth-order valence-corrected chi connectivity index (χ4v) is 2.36. The number of nitrogens with zero attached hydrogens (tertiary/aromatic N) is 3. The van der Waals surface area contributed by atoms with Gasteiger partial charge < -0.3 is 15.2 Å². The molecule has 1 aromatic rings. The molecule has 0 saturated carbocycles. The summed E-state index contributed by atoms with van der Waals surface area (Å²) in [5.41, 5.74) is 6.39. The molecule has 0 atom stereocenters. The van der Waals surface area contributed by atoms with Crippen LogP contribution in [0.3, 0.4) is 0 Å². The normalized spacial score (nSPS) is 14.5. The molecule has 0 fully saturated rings. The zero-order valence-electron chi connectivity index (χ0n) is 15.2. The van der Waals surface area contributed by atoms with E-state index < -0.39 is 23.3 Å². The van der Waals surface area contributed by atoms with Crippen LogP contribution in [0.1, 0.15) is 52.8 Å². The minimum Gasteiger partial charge on any atom is -0.459 e. The first-order valence-corrected chi connectivity index (χ1v) is 7.89. The van der Waals surface area contributed by atoms with Crippen molar-refractivity contribution in [2.45, 2.75) is 72.4 Å². The van der Waals surface area contributed by atoms with Gasteiger partial charge >= 0.3 is 12.1 Å². The summed E-state index contributed by atoms with van der Waals surface area (Å²) < 4.78 is 12.0. The maximum atomic E-state index is 12.1. The number of hydrogen-bond acceptors (Lipinski definition) is 6. The quantitative estimate of drug-likeness (QED) is 0.829. The Hall–Kier alpha value is -2.25. The van der Waals surface area contributed by atoms with Gasteiger partial charge in [-0.25, -0.2) is 9.48 Å². The number of rotatable bonds is 2. The van der Waals surface area contributed by atoms with Crippen molar-refractivity contribution in [1.29, 1.82) is 0 Å². The minimum atomic E-state index is -0.560. The number of ether oxygens (including phenoxy) is 2. The Kier molecular flexibility index (Phi) is 4.52. The second-order valence-electron chi connectivity index (χ2n) is 7.89. The molecular weight excluding hydrogens is 312 g/mol. The molecule has 2 heterocycles. The van der Waals surface area contributed by atoms with Crippen LogP contribution in [0, 0.1) is 0 Å². The summed E-state index contributed by atoms with van der Waals surface area (Å²) in [6.45, 7) is 11.4. The molecular formula is C16H26N4O4. The number of carbonyl (C=O) groups excluding carboxylic acids is 2. The summed E-state index contributed by atoms with van der Waals surface area (Å²) >= 11 is 0. The fourth-order valence-electron chi connectivity index (χ4n) is 2.36. The Morgan fingerprint density at radius 1 is 1.08 bits per heavy atom. The number of nitrogens with two attached hydrogens (primary N) is 1. The van der Waals surface area contributed by atoms with Crippen molar-refractivity contribution < 1.29 is 19.1 Å². The smallest absolute Gasteiger partial charge is 0.410 e. The van der Waals surface area contributed by atoms with Crippen molar-refractivity contribution in [3.8, 4) is 0 Å². The molecule has 0 aromatic carbocycles. The number of carbonyl (C=O) groups is 2. The number of anilines is 1. The van der Waals surface area contributed by atoms with Crippen molar-refractivity contribution in [3.05, 3.63) is 11.3 Å². The molecule has 1 aromatic heterocycles. The maximum Gasteiger partial charge on any atom is 0.410 e. The van der Waals surface area contributed by atoms with E-state index >= 15 is 0 Å². The molecule has 0 spiro atoms. The SMILES string of the molecule is CC(C)(C)OC(=O)Cn1nc2c(c1N)CN(C(=O)OC(C)(C)C)C2. The molecule has 24 heavy (non-hydrogen) atoms. The van der Waals surface area contributed by atoms with E-state index in [1.54, 1.807) is 20.8 Å². The van der Waals surface area contributed by atoms with Gasteiger partial charge in [-0.3, -0.25) is 9.69 Å². The third-order valence-corrected chi connectivity index (χ3v) is 3.22. The van der Waals surface area contributed by atoms with Crippen LogP contribution in [-0.2, 0) is 33.9 Å². The molecule has 0 unspecified atom stereocenters. The zero-order valence-corrected chi connectivity index (χ0v) is 15.2. The fraction of sp³-hybridized carbons (Fsp3) is 0.688. The van der Waals surface area contributed by atoms with Crippen molar-refractivity contribution in [2.75, 3.05) is 5.73 Å². The topological polar surface area (TPSA) is 99.7 Å². The number of fused-ring (bicyclic) bond motifs is 1. The van der Waals surface area contributed by atoms with Crippen LogP contribution < -0.4 is 5.73 Å². The minimum absolute atomic E-state index is 0.0530. The molecule has 1 amide bonds. The van der Waals surface area contributed by atoms with Crippen LogP contribution in [0.25, 0.3) is 0 Å². The maximum absolute atomic E-state index is 12.1. The molecule has 134 valence electrons. The molecule has 0 bridgehead atoms. The van der Waals surface area contributed by atoms with Crippen molar-refractivity contribution in [1.82, 2.24) is 14.7 Å². The molecule has 8 heteroatoms. The summed E-state index contributed by atoms with van der Waals surface area (Å²) in [5.74, 6) is -0.0266. The standard InChI is InChI=1S/C16H26N4O4/c1-15(2,3)23-12(21)9-20-13(17)10-7-19(8-11(10)18-20)14(22)24-16(4,5)6/h7-9,17H2,1-6H3. The lowest BCUT2D eigenvalue weighted by atomic mass is 10.2. The van der Waals surface area contributed by atoms with E-state index in [0.717, 1.165) is 5.56 Å². The summed E-state index contributed by atoms with van der Waals surface area (Å²) in [4.78, 5) is 25.6. The average Bonchev–Trinajstić information content (AvgIpc) is 2.86. The highest BCUT2D eigenvalue weighted by molar-refractivity contribution is 5.72. The van der Waals surface area contributed by atoms with E-state index in [4.69, 9.17) is 15.2 Å². The molecule has 0 aliphatic carbocycles. The predicted octanol–water partition coefficient (Wildman–Crippen LogP) is 2.06. The summed E-state index contributed by atoms with van der Waals surface area (Å²) in [6.07, 6.45) is -0.404. The molecule has 1 aliphatic rings. The van der Waals surface area contributed by atoms with Crippen molar-refractivity contribution in [2.24, 2.45) is 0 Å². The molecule has 0 radical (unpaired) electrons. The Morgan fingerprint density at radius 2 is 1.67 bits per heavy atom. The molecule has 8 nitrogen and oxygen atoms in total. The summed E-state index contributed by atoms with van der Waals surface area (Å²) in [7, 11) is 0. The third kappa shape index (κ3) is 4.39. The van der Waals surface area contributed by atoms with E-state index in [1.165, 1.54) is 9.58 Å². The number of amides is 1. The van der Waals surface area contributed by atoms with Gasteiger partial charge in [-0.1, -0.05) is 0 Å². The van der Waals surface area contributed by atoms with Crippen LogP contribution >= 0.6 is 0 Å². The van der Waals surface area contributed by atoms with E-state index in [2.05, 4.69) is 5.10 Å². The molecule has 1 aliphatic heterocycles. The number of aromatic nitrogens is 2. The third-order valence-electron chi connectivity index (χ3n) is 3.22. The zero-order chi connectivity index (χ0) is 18.3. The first-order chi connectivity index (χ1) is 10.9. The van der Waals surface area contributed by atoms with Gasteiger partial charge in [0.2, 0.25) is 0 Å². The second-order valence-corrected chi connectivity index (χ2v) is 7.89. The van der Waals surface area contributed by atoms with Gasteiger partial charge in [0.15, 0.2) is 0 Å². The van der Waals surface area contributed by atoms with Crippen LogP contribution in [0.5, 0.6) is 0 Å². The van der Waals surface area contributed by atoms with Crippen LogP contribution in [-0.4, -0.2) is 37.9 Å².